The van der Waals surface area contributed by atoms with Crippen molar-refractivity contribution in [2.24, 2.45) is 5.73 Å². The minimum absolute atomic E-state index is 0.186. The molecule has 0 aromatic heterocycles. The Morgan fingerprint density at radius 3 is 3.00 bits per heavy atom. The average molecular weight is 216 g/mol. The van der Waals surface area contributed by atoms with Crippen LogP contribution in [0.25, 0.3) is 0 Å². The predicted octanol–water partition coefficient (Wildman–Crippen LogP) is 1.13. The molecule has 0 aromatic rings. The van der Waals surface area contributed by atoms with Crippen LogP contribution in [0.1, 0.15) is 32.1 Å². The summed E-state index contributed by atoms with van der Waals surface area (Å²) >= 11 is 1.98. The van der Waals surface area contributed by atoms with Crippen LogP contribution in [0, 0.1) is 0 Å². The molecule has 0 aromatic carbocycles. The van der Waals surface area contributed by atoms with E-state index < -0.39 is 0 Å². The maximum atomic E-state index is 11.3. The van der Waals surface area contributed by atoms with Crippen LogP contribution in [0.5, 0.6) is 0 Å². The van der Waals surface area contributed by atoms with Gasteiger partial charge in [-0.15, -0.1) is 0 Å². The fraction of sp³-hybridized carbons (Fsp3) is 0.900. The highest BCUT2D eigenvalue weighted by molar-refractivity contribution is 8.00. The molecule has 1 atom stereocenters. The first-order valence-electron chi connectivity index (χ1n) is 5.41. The van der Waals surface area contributed by atoms with Gasteiger partial charge in [0.25, 0.3) is 0 Å². The largest absolute Gasteiger partial charge is 0.355 e. The molecule has 1 fully saturated rings. The molecular weight excluding hydrogens is 196 g/mol. The Labute approximate surface area is 90.2 Å². The third kappa shape index (κ3) is 4.86. The van der Waals surface area contributed by atoms with Gasteiger partial charge in [0, 0.05) is 18.2 Å². The van der Waals surface area contributed by atoms with Crippen molar-refractivity contribution in [1.29, 1.82) is 0 Å². The predicted molar refractivity (Wildman–Crippen MR) is 61.4 cm³/mol. The molecule has 0 spiro atoms. The summed E-state index contributed by atoms with van der Waals surface area (Å²) < 4.78 is 0. The molecule has 1 aliphatic heterocycles. The lowest BCUT2D eigenvalue weighted by atomic mass is 10.2. The van der Waals surface area contributed by atoms with Gasteiger partial charge in [-0.1, -0.05) is 0 Å². The Hall–Kier alpha value is -0.220. The topological polar surface area (TPSA) is 55.1 Å². The highest BCUT2D eigenvalue weighted by Gasteiger charge is 2.15. The molecule has 3 nitrogen and oxygen atoms in total. The number of rotatable bonds is 6. The maximum absolute atomic E-state index is 11.3. The van der Waals surface area contributed by atoms with Gasteiger partial charge in [0.2, 0.25) is 5.91 Å². The quantitative estimate of drug-likeness (QED) is 0.654. The molecule has 0 bridgehead atoms. The summed E-state index contributed by atoms with van der Waals surface area (Å²) in [6.07, 6.45) is 5.06. The van der Waals surface area contributed by atoms with Gasteiger partial charge in [0.05, 0.1) is 0 Å². The number of thioether (sulfide) groups is 1. The van der Waals surface area contributed by atoms with Crippen molar-refractivity contribution in [2.45, 2.75) is 37.4 Å². The van der Waals surface area contributed by atoms with Crippen molar-refractivity contribution in [3.63, 3.8) is 0 Å². The van der Waals surface area contributed by atoms with Gasteiger partial charge in [-0.2, -0.15) is 11.8 Å². The van der Waals surface area contributed by atoms with Crippen LogP contribution in [0.4, 0.5) is 0 Å². The van der Waals surface area contributed by atoms with E-state index in [2.05, 4.69) is 5.32 Å². The van der Waals surface area contributed by atoms with Gasteiger partial charge in [-0.25, -0.2) is 0 Å². The highest BCUT2D eigenvalue weighted by atomic mass is 32.2. The normalized spacial score (nSPS) is 21.1. The third-order valence-electron chi connectivity index (χ3n) is 2.41. The van der Waals surface area contributed by atoms with Crippen LogP contribution in [0.15, 0.2) is 0 Å². The summed E-state index contributed by atoms with van der Waals surface area (Å²) in [5.41, 5.74) is 5.35. The maximum Gasteiger partial charge on any atom is 0.220 e. The summed E-state index contributed by atoms with van der Waals surface area (Å²) in [7, 11) is 0. The van der Waals surface area contributed by atoms with Crippen molar-refractivity contribution in [3.8, 4) is 0 Å². The highest BCUT2D eigenvalue weighted by Crippen LogP contribution is 2.25. The zero-order chi connectivity index (χ0) is 10.2. The SMILES string of the molecule is NCCCCC(=O)NCC1CCCS1. The van der Waals surface area contributed by atoms with E-state index in [0.29, 0.717) is 18.2 Å². The first-order valence-corrected chi connectivity index (χ1v) is 6.46. The minimum atomic E-state index is 0.186. The summed E-state index contributed by atoms with van der Waals surface area (Å²) in [5, 5.41) is 3.64. The van der Waals surface area contributed by atoms with Gasteiger partial charge in [0.1, 0.15) is 0 Å². The molecule has 1 unspecified atom stereocenters. The molecule has 1 aliphatic rings. The lowest BCUT2D eigenvalue weighted by Gasteiger charge is -2.09. The summed E-state index contributed by atoms with van der Waals surface area (Å²) in [5.74, 6) is 1.44. The Morgan fingerprint density at radius 2 is 2.36 bits per heavy atom. The van der Waals surface area contributed by atoms with E-state index in [1.807, 2.05) is 11.8 Å². The van der Waals surface area contributed by atoms with E-state index in [4.69, 9.17) is 5.73 Å². The summed E-state index contributed by atoms with van der Waals surface area (Å²) in [6, 6.07) is 0. The van der Waals surface area contributed by atoms with Crippen molar-refractivity contribution in [3.05, 3.63) is 0 Å². The average Bonchev–Trinajstić information content (AvgIpc) is 2.68. The number of carbonyl (C=O) groups excluding carboxylic acids is 1. The van der Waals surface area contributed by atoms with E-state index in [-0.39, 0.29) is 5.91 Å². The fourth-order valence-corrected chi connectivity index (χ4v) is 2.75. The van der Waals surface area contributed by atoms with E-state index >= 15 is 0 Å². The van der Waals surface area contributed by atoms with Crippen molar-refractivity contribution in [1.82, 2.24) is 5.32 Å². The molecular formula is C10H20N2OS. The monoisotopic (exact) mass is 216 g/mol. The van der Waals surface area contributed by atoms with Crippen molar-refractivity contribution >= 4 is 17.7 Å². The zero-order valence-electron chi connectivity index (χ0n) is 8.63. The van der Waals surface area contributed by atoms with E-state index in [0.717, 1.165) is 19.4 Å². The second-order valence-electron chi connectivity index (χ2n) is 3.68. The Kier molecular flexibility index (Phi) is 6.03. The Morgan fingerprint density at radius 1 is 1.50 bits per heavy atom. The third-order valence-corrected chi connectivity index (χ3v) is 3.81. The molecule has 1 rings (SSSR count). The van der Waals surface area contributed by atoms with Gasteiger partial charge >= 0.3 is 0 Å². The van der Waals surface area contributed by atoms with Crippen LogP contribution in [0.2, 0.25) is 0 Å². The Balaban J connectivity index is 1.96. The van der Waals surface area contributed by atoms with Crippen LogP contribution >= 0.6 is 11.8 Å². The second kappa shape index (κ2) is 7.12. The Bertz CT molecular complexity index is 170. The number of amides is 1. The molecule has 1 heterocycles. The first kappa shape index (κ1) is 11.9. The van der Waals surface area contributed by atoms with Crippen LogP contribution in [-0.4, -0.2) is 30.0 Å². The summed E-state index contributed by atoms with van der Waals surface area (Å²) in [4.78, 5) is 11.3. The zero-order valence-corrected chi connectivity index (χ0v) is 9.44. The van der Waals surface area contributed by atoms with E-state index in [1.54, 1.807) is 0 Å². The van der Waals surface area contributed by atoms with Gasteiger partial charge in [-0.05, 0) is 38.0 Å². The van der Waals surface area contributed by atoms with Crippen LogP contribution in [-0.2, 0) is 4.79 Å². The van der Waals surface area contributed by atoms with Gasteiger partial charge in [0.15, 0.2) is 0 Å². The van der Waals surface area contributed by atoms with E-state index in [9.17, 15) is 4.79 Å². The van der Waals surface area contributed by atoms with Crippen molar-refractivity contribution < 1.29 is 4.79 Å². The van der Waals surface area contributed by atoms with Crippen LogP contribution < -0.4 is 11.1 Å². The molecule has 0 radical (unpaired) electrons. The van der Waals surface area contributed by atoms with Gasteiger partial charge < -0.3 is 11.1 Å². The lowest BCUT2D eigenvalue weighted by molar-refractivity contribution is -0.121. The molecule has 14 heavy (non-hydrogen) atoms. The standard InChI is InChI=1S/C10H20N2OS/c11-6-2-1-5-10(13)12-8-9-4-3-7-14-9/h9H,1-8,11H2,(H,12,13). The smallest absolute Gasteiger partial charge is 0.220 e. The minimum Gasteiger partial charge on any atom is -0.355 e. The molecule has 1 saturated heterocycles. The number of hydrogen-bond acceptors (Lipinski definition) is 3. The first-order chi connectivity index (χ1) is 6.83. The number of nitrogens with two attached hydrogens (primary N) is 1. The molecule has 82 valence electrons. The van der Waals surface area contributed by atoms with Crippen LogP contribution in [0.3, 0.4) is 0 Å². The lowest BCUT2D eigenvalue weighted by Crippen LogP contribution is -2.29. The fourth-order valence-electron chi connectivity index (χ4n) is 1.55. The molecule has 3 N–H and O–H groups in total. The number of nitrogens with one attached hydrogen (secondary N) is 1. The number of carbonyl (C=O) groups is 1. The molecule has 4 heteroatoms. The summed E-state index contributed by atoms with van der Waals surface area (Å²) in [6.45, 7) is 1.54. The molecule has 1 amide bonds. The number of unbranched alkanes of at least 4 members (excludes halogenated alkanes) is 1. The van der Waals surface area contributed by atoms with Crippen molar-refractivity contribution in [2.75, 3.05) is 18.8 Å². The van der Waals surface area contributed by atoms with E-state index in [1.165, 1.54) is 18.6 Å². The second-order valence-corrected chi connectivity index (χ2v) is 5.09. The molecule has 0 saturated carbocycles. The number of hydrogen-bond donors (Lipinski definition) is 2. The van der Waals surface area contributed by atoms with Gasteiger partial charge in [-0.3, -0.25) is 4.79 Å². The molecule has 0 aliphatic carbocycles.